The molecular weight excluding hydrogens is 190 g/mol. The number of nitrogens with one attached hydrogen (secondary N) is 1. The summed E-state index contributed by atoms with van der Waals surface area (Å²) < 4.78 is 0. The summed E-state index contributed by atoms with van der Waals surface area (Å²) in [6, 6.07) is -0.354. The fourth-order valence-electron chi connectivity index (χ4n) is 2.39. The average Bonchev–Trinajstić information content (AvgIpc) is 2.59. The molecule has 1 fully saturated rings. The molecule has 15 heavy (non-hydrogen) atoms. The zero-order valence-corrected chi connectivity index (χ0v) is 9.88. The largest absolute Gasteiger partial charge is 0.480 e. The minimum atomic E-state index is -0.698. The van der Waals surface area contributed by atoms with E-state index in [-0.39, 0.29) is 11.6 Å². The molecular formula is C12H23NO2. The molecule has 0 aromatic rings. The lowest BCUT2D eigenvalue weighted by Gasteiger charge is -2.29. The summed E-state index contributed by atoms with van der Waals surface area (Å²) >= 11 is 0. The van der Waals surface area contributed by atoms with Crippen LogP contribution in [0, 0.1) is 0 Å². The second-order valence-electron chi connectivity index (χ2n) is 4.95. The van der Waals surface area contributed by atoms with Gasteiger partial charge in [0.1, 0.15) is 6.04 Å². The van der Waals surface area contributed by atoms with Gasteiger partial charge in [0.15, 0.2) is 0 Å². The summed E-state index contributed by atoms with van der Waals surface area (Å²) in [7, 11) is 0. The van der Waals surface area contributed by atoms with Crippen molar-refractivity contribution < 1.29 is 9.90 Å². The highest BCUT2D eigenvalue weighted by Gasteiger charge is 2.32. The minimum absolute atomic E-state index is 0.0663. The van der Waals surface area contributed by atoms with Gasteiger partial charge in [-0.25, -0.2) is 0 Å². The third kappa shape index (κ3) is 3.82. The van der Waals surface area contributed by atoms with Crippen molar-refractivity contribution in [3.63, 3.8) is 0 Å². The Balaban J connectivity index is 2.46. The van der Waals surface area contributed by atoms with Gasteiger partial charge in [-0.2, -0.15) is 0 Å². The highest BCUT2D eigenvalue weighted by Crippen LogP contribution is 2.29. The number of carboxylic acids is 1. The Morgan fingerprint density at radius 2 is 2.07 bits per heavy atom. The van der Waals surface area contributed by atoms with Crippen molar-refractivity contribution in [1.29, 1.82) is 0 Å². The van der Waals surface area contributed by atoms with Gasteiger partial charge in [-0.3, -0.25) is 10.1 Å². The molecule has 0 saturated heterocycles. The Kier molecular flexibility index (Phi) is 4.58. The SMILES string of the molecule is CCCCC(NC1(C)CCCC1)C(=O)O. The van der Waals surface area contributed by atoms with Gasteiger partial charge in [-0.05, 0) is 26.2 Å². The van der Waals surface area contributed by atoms with Crippen LogP contribution in [0.4, 0.5) is 0 Å². The molecule has 1 unspecified atom stereocenters. The highest BCUT2D eigenvalue weighted by atomic mass is 16.4. The maximum absolute atomic E-state index is 11.1. The molecule has 0 amide bonds. The van der Waals surface area contributed by atoms with Gasteiger partial charge < -0.3 is 5.11 Å². The van der Waals surface area contributed by atoms with Gasteiger partial charge in [0.25, 0.3) is 0 Å². The molecule has 0 radical (unpaired) electrons. The Labute approximate surface area is 92.3 Å². The number of unbranched alkanes of at least 4 members (excludes halogenated alkanes) is 1. The van der Waals surface area contributed by atoms with E-state index in [4.69, 9.17) is 5.11 Å². The number of aliphatic carboxylic acids is 1. The topological polar surface area (TPSA) is 49.3 Å². The van der Waals surface area contributed by atoms with Crippen LogP contribution in [-0.4, -0.2) is 22.7 Å². The first kappa shape index (κ1) is 12.5. The van der Waals surface area contributed by atoms with E-state index in [1.54, 1.807) is 0 Å². The lowest BCUT2D eigenvalue weighted by molar-refractivity contribution is -0.140. The maximum atomic E-state index is 11.1. The van der Waals surface area contributed by atoms with Crippen molar-refractivity contribution in [3.8, 4) is 0 Å². The molecule has 0 aromatic heterocycles. The van der Waals surface area contributed by atoms with Gasteiger partial charge in [-0.1, -0.05) is 32.6 Å². The molecule has 1 aliphatic carbocycles. The monoisotopic (exact) mass is 213 g/mol. The van der Waals surface area contributed by atoms with Crippen LogP contribution in [0.2, 0.25) is 0 Å². The molecule has 3 heteroatoms. The second-order valence-corrected chi connectivity index (χ2v) is 4.95. The van der Waals surface area contributed by atoms with E-state index in [1.807, 2.05) is 0 Å². The predicted molar refractivity (Wildman–Crippen MR) is 61.0 cm³/mol. The first-order chi connectivity index (χ1) is 7.07. The van der Waals surface area contributed by atoms with Crippen molar-refractivity contribution in [2.24, 2.45) is 0 Å². The first-order valence-electron chi connectivity index (χ1n) is 6.08. The Bertz CT molecular complexity index is 210. The van der Waals surface area contributed by atoms with Gasteiger partial charge in [0.05, 0.1) is 0 Å². The summed E-state index contributed by atoms with van der Waals surface area (Å²) in [5, 5.41) is 12.4. The zero-order chi connectivity index (χ0) is 11.3. The molecule has 0 spiro atoms. The Morgan fingerprint density at radius 1 is 1.47 bits per heavy atom. The normalized spacial score (nSPS) is 21.5. The molecule has 3 nitrogen and oxygen atoms in total. The first-order valence-corrected chi connectivity index (χ1v) is 6.08. The minimum Gasteiger partial charge on any atom is -0.480 e. The van der Waals surface area contributed by atoms with Crippen molar-refractivity contribution in [2.75, 3.05) is 0 Å². The van der Waals surface area contributed by atoms with Crippen LogP contribution in [0.3, 0.4) is 0 Å². The molecule has 0 aliphatic heterocycles. The second kappa shape index (κ2) is 5.50. The maximum Gasteiger partial charge on any atom is 0.320 e. The number of carbonyl (C=O) groups is 1. The summed E-state index contributed by atoms with van der Waals surface area (Å²) in [5.74, 6) is -0.698. The summed E-state index contributed by atoms with van der Waals surface area (Å²) in [6.07, 6.45) is 7.47. The smallest absolute Gasteiger partial charge is 0.320 e. The number of hydrogen-bond donors (Lipinski definition) is 2. The van der Waals surface area contributed by atoms with Crippen molar-refractivity contribution >= 4 is 5.97 Å². The molecule has 0 heterocycles. The number of carboxylic acid groups (broad SMARTS) is 1. The van der Waals surface area contributed by atoms with E-state index in [0.717, 1.165) is 32.1 Å². The molecule has 0 bridgehead atoms. The van der Waals surface area contributed by atoms with Gasteiger partial charge >= 0.3 is 5.97 Å². The molecule has 1 aliphatic rings. The fraction of sp³-hybridized carbons (Fsp3) is 0.917. The third-order valence-corrected chi connectivity index (χ3v) is 3.37. The van der Waals surface area contributed by atoms with Gasteiger partial charge in [0.2, 0.25) is 0 Å². The standard InChI is InChI=1S/C12H23NO2/c1-3-4-7-10(11(14)15)13-12(2)8-5-6-9-12/h10,13H,3-9H2,1-2H3,(H,14,15). The van der Waals surface area contributed by atoms with Crippen molar-refractivity contribution in [3.05, 3.63) is 0 Å². The van der Waals surface area contributed by atoms with E-state index >= 15 is 0 Å². The molecule has 2 N–H and O–H groups in total. The highest BCUT2D eigenvalue weighted by molar-refractivity contribution is 5.73. The van der Waals surface area contributed by atoms with Crippen LogP contribution in [0.25, 0.3) is 0 Å². The number of hydrogen-bond acceptors (Lipinski definition) is 2. The van der Waals surface area contributed by atoms with Crippen molar-refractivity contribution in [1.82, 2.24) is 5.32 Å². The van der Waals surface area contributed by atoms with Crippen LogP contribution in [0.15, 0.2) is 0 Å². The van der Waals surface area contributed by atoms with E-state index < -0.39 is 5.97 Å². The summed E-state index contributed by atoms with van der Waals surface area (Å²) in [5.41, 5.74) is 0.0663. The summed E-state index contributed by atoms with van der Waals surface area (Å²) in [4.78, 5) is 11.1. The zero-order valence-electron chi connectivity index (χ0n) is 9.88. The van der Waals surface area contributed by atoms with E-state index in [0.29, 0.717) is 0 Å². The van der Waals surface area contributed by atoms with Gasteiger partial charge in [0, 0.05) is 5.54 Å². The van der Waals surface area contributed by atoms with Crippen LogP contribution >= 0.6 is 0 Å². The molecule has 1 rings (SSSR count). The van der Waals surface area contributed by atoms with Gasteiger partial charge in [-0.15, -0.1) is 0 Å². The van der Waals surface area contributed by atoms with E-state index in [9.17, 15) is 4.79 Å². The predicted octanol–water partition coefficient (Wildman–Crippen LogP) is 2.55. The quantitative estimate of drug-likeness (QED) is 0.713. The molecule has 0 aromatic carbocycles. The van der Waals surface area contributed by atoms with Crippen LogP contribution in [0.1, 0.15) is 58.8 Å². The van der Waals surface area contributed by atoms with E-state index in [2.05, 4.69) is 19.2 Å². The van der Waals surface area contributed by atoms with E-state index in [1.165, 1.54) is 12.8 Å². The van der Waals surface area contributed by atoms with Crippen LogP contribution < -0.4 is 5.32 Å². The Morgan fingerprint density at radius 3 is 2.53 bits per heavy atom. The lowest BCUT2D eigenvalue weighted by atomic mass is 9.97. The molecule has 1 saturated carbocycles. The lowest BCUT2D eigenvalue weighted by Crippen LogP contribution is -2.49. The number of rotatable bonds is 6. The molecule has 88 valence electrons. The fourth-order valence-corrected chi connectivity index (χ4v) is 2.39. The summed E-state index contributed by atoms with van der Waals surface area (Å²) in [6.45, 7) is 4.25. The third-order valence-electron chi connectivity index (χ3n) is 3.37. The average molecular weight is 213 g/mol. The van der Waals surface area contributed by atoms with Crippen LogP contribution in [-0.2, 0) is 4.79 Å². The van der Waals surface area contributed by atoms with Crippen molar-refractivity contribution in [2.45, 2.75) is 70.4 Å². The molecule has 1 atom stereocenters. The Hall–Kier alpha value is -0.570. The van der Waals surface area contributed by atoms with Crippen LogP contribution in [0.5, 0.6) is 0 Å².